The number of nitrogens with zero attached hydrogens (tertiary/aromatic N) is 4. The summed E-state index contributed by atoms with van der Waals surface area (Å²) >= 11 is 6.90. The molecule has 2 saturated heterocycles. The summed E-state index contributed by atoms with van der Waals surface area (Å²) in [5.41, 5.74) is 0. The average Bonchev–Trinajstić information content (AvgIpc) is 3.15. The molecule has 0 aromatic carbocycles. The second kappa shape index (κ2) is 9.30. The number of carbonyl (C=O) groups is 2. The zero-order valence-corrected chi connectivity index (χ0v) is 19.1. The summed E-state index contributed by atoms with van der Waals surface area (Å²) in [6.07, 6.45) is 1.75. The maximum Gasteiger partial charge on any atom is 0.252 e. The van der Waals surface area contributed by atoms with Crippen LogP contribution in [0.4, 0.5) is 0 Å². The summed E-state index contributed by atoms with van der Waals surface area (Å²) in [5.74, 6) is 0.0278. The molecule has 1 unspecified atom stereocenters. The number of hydrogen-bond acceptors (Lipinski definition) is 6. The van der Waals surface area contributed by atoms with E-state index in [4.69, 9.17) is 11.6 Å². The molecule has 1 atom stereocenters. The Morgan fingerprint density at radius 2 is 1.86 bits per heavy atom. The number of thiophene rings is 1. The first-order valence-electron chi connectivity index (χ1n) is 9.65. The molecule has 2 aliphatic heterocycles. The standard InChI is InChI=1S/C18H27ClN4O4S2/c1-20(2)18(25)14-4-3-7-21(12-14)13-16(24)22-8-10-23(11-9-22)29(26,27)17-6-5-15(19)28-17/h5-6,14H,3-4,7-13H2,1-2H3. The number of piperazine rings is 1. The number of rotatable bonds is 5. The van der Waals surface area contributed by atoms with Crippen LogP contribution in [-0.4, -0.2) is 99.1 Å². The van der Waals surface area contributed by atoms with E-state index in [9.17, 15) is 18.0 Å². The van der Waals surface area contributed by atoms with Crippen molar-refractivity contribution in [3.8, 4) is 0 Å². The largest absolute Gasteiger partial charge is 0.349 e. The third kappa shape index (κ3) is 5.29. The molecule has 8 nitrogen and oxygen atoms in total. The van der Waals surface area contributed by atoms with Crippen molar-refractivity contribution in [2.75, 3.05) is 59.9 Å². The molecular formula is C18H27ClN4O4S2. The van der Waals surface area contributed by atoms with Gasteiger partial charge in [0.15, 0.2) is 0 Å². The van der Waals surface area contributed by atoms with E-state index >= 15 is 0 Å². The molecule has 0 aliphatic carbocycles. The molecule has 0 saturated carbocycles. The van der Waals surface area contributed by atoms with Crippen LogP contribution in [0.3, 0.4) is 0 Å². The zero-order chi connectivity index (χ0) is 21.2. The molecule has 29 heavy (non-hydrogen) atoms. The van der Waals surface area contributed by atoms with Gasteiger partial charge in [0.2, 0.25) is 11.8 Å². The molecule has 11 heteroatoms. The minimum absolute atomic E-state index is 0.0147. The molecule has 1 aromatic heterocycles. The highest BCUT2D eigenvalue weighted by Gasteiger charge is 2.33. The molecule has 162 valence electrons. The second-order valence-corrected chi connectivity index (χ2v) is 11.5. The molecule has 0 radical (unpaired) electrons. The summed E-state index contributed by atoms with van der Waals surface area (Å²) in [6, 6.07) is 3.09. The molecule has 1 aromatic rings. The number of hydrogen-bond donors (Lipinski definition) is 0. The number of piperidine rings is 1. The lowest BCUT2D eigenvalue weighted by Crippen LogP contribution is -2.53. The normalized spacial score (nSPS) is 21.9. The van der Waals surface area contributed by atoms with Crippen molar-refractivity contribution in [2.24, 2.45) is 5.92 Å². The van der Waals surface area contributed by atoms with Crippen LogP contribution in [0.25, 0.3) is 0 Å². The van der Waals surface area contributed by atoms with E-state index in [2.05, 4.69) is 0 Å². The average molecular weight is 463 g/mol. The fraction of sp³-hybridized carbons (Fsp3) is 0.667. The molecular weight excluding hydrogens is 436 g/mol. The van der Waals surface area contributed by atoms with Gasteiger partial charge in [0.05, 0.1) is 16.8 Å². The summed E-state index contributed by atoms with van der Waals surface area (Å²) in [6.45, 7) is 2.93. The Hall–Kier alpha value is -1.20. The van der Waals surface area contributed by atoms with Crippen molar-refractivity contribution >= 4 is 44.8 Å². The first-order chi connectivity index (χ1) is 13.7. The van der Waals surface area contributed by atoms with Gasteiger partial charge in [0.25, 0.3) is 10.0 Å². The van der Waals surface area contributed by atoms with Gasteiger partial charge in [0.1, 0.15) is 4.21 Å². The quantitative estimate of drug-likeness (QED) is 0.653. The molecule has 2 amide bonds. The van der Waals surface area contributed by atoms with Gasteiger partial charge in [-0.2, -0.15) is 4.31 Å². The third-order valence-electron chi connectivity index (χ3n) is 5.39. The third-order valence-corrected chi connectivity index (χ3v) is 8.99. The van der Waals surface area contributed by atoms with E-state index in [1.807, 2.05) is 4.90 Å². The molecule has 0 spiro atoms. The lowest BCUT2D eigenvalue weighted by atomic mass is 9.97. The Labute approximate surface area is 181 Å². The van der Waals surface area contributed by atoms with Gasteiger partial charge in [-0.1, -0.05) is 11.6 Å². The Kier molecular flexibility index (Phi) is 7.21. The fourth-order valence-electron chi connectivity index (χ4n) is 3.80. The van der Waals surface area contributed by atoms with Crippen molar-refractivity contribution in [3.63, 3.8) is 0 Å². The van der Waals surface area contributed by atoms with Gasteiger partial charge >= 0.3 is 0 Å². The lowest BCUT2D eigenvalue weighted by Gasteiger charge is -2.37. The van der Waals surface area contributed by atoms with E-state index < -0.39 is 10.0 Å². The smallest absolute Gasteiger partial charge is 0.252 e. The molecule has 3 heterocycles. The molecule has 0 bridgehead atoms. The van der Waals surface area contributed by atoms with Gasteiger partial charge in [-0.05, 0) is 31.5 Å². The summed E-state index contributed by atoms with van der Waals surface area (Å²) < 4.78 is 27.4. The van der Waals surface area contributed by atoms with Crippen LogP contribution in [-0.2, 0) is 19.6 Å². The monoisotopic (exact) mass is 462 g/mol. The number of amides is 2. The zero-order valence-electron chi connectivity index (χ0n) is 16.7. The predicted molar refractivity (Wildman–Crippen MR) is 113 cm³/mol. The summed E-state index contributed by atoms with van der Waals surface area (Å²) in [4.78, 5) is 30.3. The fourth-order valence-corrected chi connectivity index (χ4v) is 6.86. The van der Waals surface area contributed by atoms with Gasteiger partial charge in [-0.25, -0.2) is 8.42 Å². The van der Waals surface area contributed by atoms with Crippen LogP contribution in [0, 0.1) is 5.92 Å². The van der Waals surface area contributed by atoms with Gasteiger partial charge in [-0.15, -0.1) is 11.3 Å². The van der Waals surface area contributed by atoms with Crippen molar-refractivity contribution in [3.05, 3.63) is 16.5 Å². The lowest BCUT2D eigenvalue weighted by molar-refractivity contribution is -0.138. The first kappa shape index (κ1) is 22.5. The topological polar surface area (TPSA) is 81.2 Å². The van der Waals surface area contributed by atoms with E-state index in [-0.39, 0.29) is 41.6 Å². The molecule has 2 aliphatic rings. The van der Waals surface area contributed by atoms with Crippen molar-refractivity contribution < 1.29 is 18.0 Å². The number of sulfonamides is 1. The van der Waals surface area contributed by atoms with E-state index in [0.717, 1.165) is 30.7 Å². The summed E-state index contributed by atoms with van der Waals surface area (Å²) in [7, 11) is -0.0575. The highest BCUT2D eigenvalue weighted by atomic mass is 35.5. The minimum Gasteiger partial charge on any atom is -0.349 e. The van der Waals surface area contributed by atoms with E-state index in [0.29, 0.717) is 24.0 Å². The molecule has 3 rings (SSSR count). The Balaban J connectivity index is 1.52. The van der Waals surface area contributed by atoms with Gasteiger partial charge in [0, 0.05) is 46.8 Å². The number of halogens is 1. The molecule has 2 fully saturated rings. The SMILES string of the molecule is CN(C)C(=O)C1CCCN(CC(=O)N2CCN(S(=O)(=O)c3ccc(Cl)s3)CC2)C1. The van der Waals surface area contributed by atoms with Gasteiger partial charge < -0.3 is 9.80 Å². The van der Waals surface area contributed by atoms with E-state index in [1.54, 1.807) is 30.0 Å². The van der Waals surface area contributed by atoms with Crippen LogP contribution in [0.15, 0.2) is 16.3 Å². The number of likely N-dealkylation sites (tertiary alicyclic amines) is 1. The predicted octanol–water partition coefficient (Wildman–Crippen LogP) is 1.03. The van der Waals surface area contributed by atoms with Crippen molar-refractivity contribution in [2.45, 2.75) is 17.1 Å². The minimum atomic E-state index is -3.57. The Morgan fingerprint density at radius 3 is 2.45 bits per heavy atom. The molecule has 0 N–H and O–H groups in total. The Bertz CT molecular complexity index is 850. The van der Waals surface area contributed by atoms with Crippen LogP contribution in [0.2, 0.25) is 4.34 Å². The second-order valence-electron chi connectivity index (χ2n) is 7.65. The Morgan fingerprint density at radius 1 is 1.17 bits per heavy atom. The van der Waals surface area contributed by atoms with Gasteiger partial charge in [-0.3, -0.25) is 14.5 Å². The maximum atomic E-state index is 12.7. The first-order valence-corrected chi connectivity index (χ1v) is 12.3. The van der Waals surface area contributed by atoms with Crippen molar-refractivity contribution in [1.29, 1.82) is 0 Å². The summed E-state index contributed by atoms with van der Waals surface area (Å²) in [5, 5.41) is 0. The maximum absolute atomic E-state index is 12.7. The highest BCUT2D eigenvalue weighted by Crippen LogP contribution is 2.28. The van der Waals surface area contributed by atoms with Crippen LogP contribution < -0.4 is 0 Å². The highest BCUT2D eigenvalue weighted by molar-refractivity contribution is 7.91. The number of carbonyl (C=O) groups excluding carboxylic acids is 2. The van der Waals surface area contributed by atoms with Crippen LogP contribution in [0.1, 0.15) is 12.8 Å². The van der Waals surface area contributed by atoms with Crippen LogP contribution in [0.5, 0.6) is 0 Å². The van der Waals surface area contributed by atoms with E-state index in [1.165, 1.54) is 10.4 Å². The van der Waals surface area contributed by atoms with Crippen molar-refractivity contribution in [1.82, 2.24) is 19.0 Å². The van der Waals surface area contributed by atoms with Crippen LogP contribution >= 0.6 is 22.9 Å².